The molecule has 28 heavy (non-hydrogen) atoms. The average molecular weight is 413 g/mol. The number of hydrogen-bond acceptors (Lipinski definition) is 5. The molecule has 0 spiro atoms. The summed E-state index contributed by atoms with van der Waals surface area (Å²) in [6, 6.07) is 9.24. The predicted molar refractivity (Wildman–Crippen MR) is 97.7 cm³/mol. The molecule has 0 aliphatic carbocycles. The maximum Gasteiger partial charge on any atom is 0.416 e. The van der Waals surface area contributed by atoms with Gasteiger partial charge in [-0.2, -0.15) is 13.2 Å². The largest absolute Gasteiger partial charge is 0.452 e. The zero-order valence-electron chi connectivity index (χ0n) is 15.3. The summed E-state index contributed by atoms with van der Waals surface area (Å²) in [5.74, 6) is -0.618. The molecular formula is C19H18F3NO4S. The second-order valence-electron chi connectivity index (χ2n) is 6.21. The molecule has 2 rings (SSSR count). The van der Waals surface area contributed by atoms with Gasteiger partial charge in [0.1, 0.15) is 5.75 Å². The second kappa shape index (κ2) is 8.05. The highest BCUT2D eigenvalue weighted by atomic mass is 32.2. The number of ketones is 1. The molecule has 0 saturated carbocycles. The monoisotopic (exact) mass is 413 g/mol. The van der Waals surface area contributed by atoms with E-state index in [0.29, 0.717) is 0 Å². The number of rotatable bonds is 6. The number of halogens is 3. The molecule has 0 aromatic heterocycles. The van der Waals surface area contributed by atoms with Crippen molar-refractivity contribution in [2.75, 3.05) is 20.4 Å². The van der Waals surface area contributed by atoms with Gasteiger partial charge in [0.15, 0.2) is 15.6 Å². The van der Waals surface area contributed by atoms with Crippen LogP contribution < -0.4 is 4.74 Å². The number of alkyl halides is 3. The van der Waals surface area contributed by atoms with E-state index >= 15 is 0 Å². The summed E-state index contributed by atoms with van der Waals surface area (Å²) >= 11 is 0. The van der Waals surface area contributed by atoms with E-state index in [1.54, 1.807) is 19.0 Å². The number of benzene rings is 2. The van der Waals surface area contributed by atoms with Crippen LogP contribution in [0, 0.1) is 0 Å². The molecule has 2 aromatic rings. The van der Waals surface area contributed by atoms with Crippen molar-refractivity contribution in [3.63, 3.8) is 0 Å². The first-order valence-electron chi connectivity index (χ1n) is 7.96. The minimum atomic E-state index is -4.47. The minimum absolute atomic E-state index is 0.0576. The van der Waals surface area contributed by atoms with Crippen LogP contribution >= 0.6 is 0 Å². The van der Waals surface area contributed by atoms with E-state index in [9.17, 15) is 26.4 Å². The number of Topliss-reactive ketones (excluding diaryl/α,β-unsaturated/α-hetero) is 1. The molecule has 0 aliphatic rings. The molecule has 2 aromatic carbocycles. The number of hydrogen-bond donors (Lipinski definition) is 0. The average Bonchev–Trinajstić information content (AvgIpc) is 2.59. The van der Waals surface area contributed by atoms with Crippen LogP contribution in [0.5, 0.6) is 5.75 Å². The number of carbonyl (C=O) groups is 1. The quantitative estimate of drug-likeness (QED) is 0.410. The summed E-state index contributed by atoms with van der Waals surface area (Å²) in [5.41, 5.74) is -0.659. The molecule has 0 bridgehead atoms. The van der Waals surface area contributed by atoms with E-state index < -0.39 is 27.4 Å². The minimum Gasteiger partial charge on any atom is -0.452 e. The van der Waals surface area contributed by atoms with Crippen LogP contribution in [0.4, 0.5) is 13.2 Å². The van der Waals surface area contributed by atoms with Crippen molar-refractivity contribution < 1.29 is 31.1 Å². The van der Waals surface area contributed by atoms with Gasteiger partial charge in [0.05, 0.1) is 10.5 Å². The highest BCUT2D eigenvalue weighted by Gasteiger charge is 2.30. The van der Waals surface area contributed by atoms with Crippen molar-refractivity contribution in [3.8, 4) is 5.75 Å². The Morgan fingerprint density at radius 2 is 1.54 bits per heavy atom. The van der Waals surface area contributed by atoms with E-state index in [1.807, 2.05) is 0 Å². The molecule has 0 unspecified atom stereocenters. The van der Waals surface area contributed by atoms with Gasteiger partial charge in [-0.1, -0.05) is 0 Å². The van der Waals surface area contributed by atoms with Crippen LogP contribution in [0.3, 0.4) is 0 Å². The van der Waals surface area contributed by atoms with Gasteiger partial charge in [-0.3, -0.25) is 4.79 Å². The van der Waals surface area contributed by atoms with Gasteiger partial charge in [-0.15, -0.1) is 0 Å². The SMILES string of the molecule is CN(C)/C=C(/Oc1ccc(C(F)(F)F)cc1)C(=O)c1ccc(S(C)(=O)=O)cc1. The van der Waals surface area contributed by atoms with Gasteiger partial charge >= 0.3 is 6.18 Å². The molecule has 5 nitrogen and oxygen atoms in total. The Bertz CT molecular complexity index is 977. The molecule has 0 saturated heterocycles. The van der Waals surface area contributed by atoms with Crippen molar-refractivity contribution >= 4 is 15.6 Å². The Balaban J connectivity index is 2.30. The summed E-state index contributed by atoms with van der Waals surface area (Å²) in [7, 11) is -0.109. The van der Waals surface area contributed by atoms with Gasteiger partial charge in [0.25, 0.3) is 0 Å². The van der Waals surface area contributed by atoms with Crippen LogP contribution in [-0.2, 0) is 16.0 Å². The topological polar surface area (TPSA) is 63.7 Å². The lowest BCUT2D eigenvalue weighted by molar-refractivity contribution is -0.137. The smallest absolute Gasteiger partial charge is 0.416 e. The Morgan fingerprint density at radius 3 is 1.96 bits per heavy atom. The van der Waals surface area contributed by atoms with Crippen LogP contribution in [0.25, 0.3) is 0 Å². The van der Waals surface area contributed by atoms with Gasteiger partial charge in [0, 0.05) is 32.1 Å². The summed E-state index contributed by atoms with van der Waals surface area (Å²) in [5, 5.41) is 0. The van der Waals surface area contributed by atoms with E-state index in [-0.39, 0.29) is 22.0 Å². The number of sulfone groups is 1. The van der Waals surface area contributed by atoms with Crippen LogP contribution in [-0.4, -0.2) is 39.5 Å². The third-order valence-electron chi connectivity index (χ3n) is 3.55. The molecule has 0 aliphatic heterocycles. The standard InChI is InChI=1S/C19H18F3NO4S/c1-23(2)12-17(27-15-8-6-14(7-9-15)19(20,21)22)18(24)13-4-10-16(11-5-13)28(3,25)26/h4-12H,1-3H3/b17-12+. The van der Waals surface area contributed by atoms with Crippen LogP contribution in [0.1, 0.15) is 15.9 Å². The first-order valence-corrected chi connectivity index (χ1v) is 9.85. The first-order chi connectivity index (χ1) is 12.9. The van der Waals surface area contributed by atoms with E-state index in [2.05, 4.69) is 0 Å². The molecule has 0 radical (unpaired) electrons. The van der Waals surface area contributed by atoms with Gasteiger partial charge in [0.2, 0.25) is 5.78 Å². The molecule has 0 fully saturated rings. The predicted octanol–water partition coefficient (Wildman–Crippen LogP) is 3.77. The highest BCUT2D eigenvalue weighted by Crippen LogP contribution is 2.30. The van der Waals surface area contributed by atoms with Crippen molar-refractivity contribution in [2.24, 2.45) is 0 Å². The zero-order chi connectivity index (χ0) is 21.1. The molecule has 0 heterocycles. The third-order valence-corrected chi connectivity index (χ3v) is 4.68. The second-order valence-corrected chi connectivity index (χ2v) is 8.22. The summed E-state index contributed by atoms with van der Waals surface area (Å²) in [4.78, 5) is 14.3. The fourth-order valence-electron chi connectivity index (χ4n) is 2.20. The van der Waals surface area contributed by atoms with E-state index in [0.717, 1.165) is 30.5 Å². The number of ether oxygens (including phenoxy) is 1. The lowest BCUT2D eigenvalue weighted by atomic mass is 10.1. The van der Waals surface area contributed by atoms with Gasteiger partial charge < -0.3 is 9.64 Å². The fraction of sp³-hybridized carbons (Fsp3) is 0.211. The number of carbonyl (C=O) groups excluding carboxylic acids is 1. The Morgan fingerprint density at radius 1 is 1.00 bits per heavy atom. The maximum absolute atomic E-state index is 12.7. The highest BCUT2D eigenvalue weighted by molar-refractivity contribution is 7.90. The summed E-state index contributed by atoms with van der Waals surface area (Å²) < 4.78 is 66.5. The summed E-state index contributed by atoms with van der Waals surface area (Å²) in [6.07, 6.45) is -2.04. The fourth-order valence-corrected chi connectivity index (χ4v) is 2.83. The third kappa shape index (κ3) is 5.59. The molecule has 150 valence electrons. The van der Waals surface area contributed by atoms with Gasteiger partial charge in [-0.05, 0) is 48.5 Å². The number of allylic oxidation sites excluding steroid dienone is 1. The maximum atomic E-state index is 12.7. The Labute approximate surface area is 161 Å². The van der Waals surface area contributed by atoms with Gasteiger partial charge in [-0.25, -0.2) is 8.42 Å². The van der Waals surface area contributed by atoms with E-state index in [1.165, 1.54) is 30.5 Å². The molecule has 0 atom stereocenters. The lowest BCUT2D eigenvalue weighted by Gasteiger charge is -2.14. The van der Waals surface area contributed by atoms with Crippen molar-refractivity contribution in [2.45, 2.75) is 11.1 Å². The Hall–Kier alpha value is -2.81. The zero-order valence-corrected chi connectivity index (χ0v) is 16.1. The molecule has 0 N–H and O–H groups in total. The lowest BCUT2D eigenvalue weighted by Crippen LogP contribution is -2.15. The first kappa shape index (κ1) is 21.5. The van der Waals surface area contributed by atoms with Crippen LogP contribution in [0.15, 0.2) is 65.4 Å². The van der Waals surface area contributed by atoms with Crippen molar-refractivity contribution in [1.82, 2.24) is 4.90 Å². The van der Waals surface area contributed by atoms with E-state index in [4.69, 9.17) is 4.74 Å². The molecular weight excluding hydrogens is 395 g/mol. The molecule has 9 heteroatoms. The molecule has 0 amide bonds. The Kier molecular flexibility index (Phi) is 6.18. The van der Waals surface area contributed by atoms with Crippen molar-refractivity contribution in [3.05, 3.63) is 71.6 Å². The normalized spacial score (nSPS) is 12.6. The number of nitrogens with zero attached hydrogens (tertiary/aromatic N) is 1. The van der Waals surface area contributed by atoms with Crippen LogP contribution in [0.2, 0.25) is 0 Å². The summed E-state index contributed by atoms with van der Waals surface area (Å²) in [6.45, 7) is 0. The van der Waals surface area contributed by atoms with Crippen molar-refractivity contribution in [1.29, 1.82) is 0 Å².